The first kappa shape index (κ1) is 26.9. The number of ether oxygens (including phenoxy) is 2. The van der Waals surface area contributed by atoms with Crippen LogP contribution < -0.4 is 19.5 Å². The number of methoxy groups -OCH3 is 1. The van der Waals surface area contributed by atoms with Crippen molar-refractivity contribution in [2.45, 2.75) is 42.9 Å². The second-order valence-electron chi connectivity index (χ2n) is 9.29. The van der Waals surface area contributed by atoms with Crippen LogP contribution >= 0.6 is 11.6 Å². The number of rotatable bonds is 8. The van der Waals surface area contributed by atoms with Crippen molar-refractivity contribution in [2.24, 2.45) is 0 Å². The van der Waals surface area contributed by atoms with E-state index in [1.54, 1.807) is 26.0 Å². The first-order valence-corrected chi connectivity index (χ1v) is 13.6. The first-order valence-electron chi connectivity index (χ1n) is 11.7. The summed E-state index contributed by atoms with van der Waals surface area (Å²) in [6.07, 6.45) is -0.603. The van der Waals surface area contributed by atoms with E-state index in [4.69, 9.17) is 21.1 Å². The van der Waals surface area contributed by atoms with Crippen LogP contribution in [0.3, 0.4) is 0 Å². The fraction of sp³-hybridized carbons (Fsp3) is 0.296. The normalized spacial score (nSPS) is 18.4. The van der Waals surface area contributed by atoms with E-state index in [2.05, 4.69) is 10.0 Å². The van der Waals surface area contributed by atoms with Crippen molar-refractivity contribution in [1.29, 1.82) is 0 Å². The first-order chi connectivity index (χ1) is 17.5. The van der Waals surface area contributed by atoms with E-state index >= 15 is 0 Å². The summed E-state index contributed by atoms with van der Waals surface area (Å²) in [6.45, 7) is 3.74. The predicted molar refractivity (Wildman–Crippen MR) is 141 cm³/mol. The van der Waals surface area contributed by atoms with Crippen LogP contribution in [0.4, 0.5) is 0 Å². The molecule has 1 heterocycles. The molecule has 0 bridgehead atoms. The maximum Gasteiger partial charge on any atom is 0.251 e. The summed E-state index contributed by atoms with van der Waals surface area (Å²) >= 11 is 6.05. The van der Waals surface area contributed by atoms with E-state index in [0.29, 0.717) is 29.8 Å². The van der Waals surface area contributed by atoms with Crippen molar-refractivity contribution < 1.29 is 27.8 Å². The Morgan fingerprint density at radius 2 is 1.84 bits per heavy atom. The van der Waals surface area contributed by atoms with Crippen molar-refractivity contribution in [2.75, 3.05) is 13.7 Å². The van der Waals surface area contributed by atoms with Gasteiger partial charge in [0.2, 0.25) is 10.0 Å². The topological polar surface area (TPSA) is 114 Å². The molecular formula is C27H29ClN2O6S. The van der Waals surface area contributed by atoms with Gasteiger partial charge in [0.25, 0.3) is 5.91 Å². The van der Waals surface area contributed by atoms with Gasteiger partial charge in [0.1, 0.15) is 28.1 Å². The van der Waals surface area contributed by atoms with Crippen LogP contribution in [0.15, 0.2) is 71.6 Å². The predicted octanol–water partition coefficient (Wildman–Crippen LogP) is 3.87. The van der Waals surface area contributed by atoms with Gasteiger partial charge < -0.3 is 19.9 Å². The molecule has 3 aromatic carbocycles. The minimum Gasteiger partial charge on any atom is -0.495 e. The Morgan fingerprint density at radius 3 is 2.54 bits per heavy atom. The molecule has 8 nitrogen and oxygen atoms in total. The summed E-state index contributed by atoms with van der Waals surface area (Å²) in [5, 5.41) is 14.2. The Labute approximate surface area is 221 Å². The highest BCUT2D eigenvalue weighted by Gasteiger charge is 2.45. The van der Waals surface area contributed by atoms with Gasteiger partial charge in [-0.3, -0.25) is 4.79 Å². The SMILES string of the molecule is COc1ccc(Cl)cc1S(=O)(=O)N[C@@H]1c2cc(C(=O)NCCc3ccccc3)ccc2OC(C)(C)[C@H]1O. The molecule has 3 N–H and O–H groups in total. The van der Waals surface area contributed by atoms with E-state index in [0.717, 1.165) is 5.56 Å². The van der Waals surface area contributed by atoms with Crippen molar-refractivity contribution in [3.63, 3.8) is 0 Å². The lowest BCUT2D eigenvalue weighted by atomic mass is 9.86. The Bertz CT molecular complexity index is 1400. The molecule has 10 heteroatoms. The maximum absolute atomic E-state index is 13.4. The molecule has 1 aliphatic rings. The van der Waals surface area contributed by atoms with Gasteiger partial charge in [-0.25, -0.2) is 13.1 Å². The minimum absolute atomic E-state index is 0.101. The average molecular weight is 545 g/mol. The average Bonchev–Trinajstić information content (AvgIpc) is 2.87. The number of benzene rings is 3. The van der Waals surface area contributed by atoms with E-state index < -0.39 is 27.8 Å². The fourth-order valence-electron chi connectivity index (χ4n) is 4.23. The number of nitrogens with one attached hydrogen (secondary N) is 2. The number of fused-ring (bicyclic) bond motifs is 1. The Balaban J connectivity index is 1.62. The third kappa shape index (κ3) is 5.91. The van der Waals surface area contributed by atoms with E-state index in [9.17, 15) is 18.3 Å². The molecule has 3 aromatic rings. The highest BCUT2D eigenvalue weighted by molar-refractivity contribution is 7.89. The van der Waals surface area contributed by atoms with E-state index in [1.165, 1.54) is 31.4 Å². The molecule has 37 heavy (non-hydrogen) atoms. The quantitative estimate of drug-likeness (QED) is 0.397. The van der Waals surface area contributed by atoms with E-state index in [-0.39, 0.29) is 21.6 Å². The van der Waals surface area contributed by atoms with Gasteiger partial charge in [-0.15, -0.1) is 0 Å². The number of sulfonamides is 1. The molecule has 0 radical (unpaired) electrons. The second-order valence-corrected chi connectivity index (χ2v) is 11.4. The van der Waals surface area contributed by atoms with E-state index in [1.807, 2.05) is 30.3 Å². The summed E-state index contributed by atoms with van der Waals surface area (Å²) in [4.78, 5) is 12.7. The van der Waals surface area contributed by atoms with Crippen LogP contribution in [0.25, 0.3) is 0 Å². The molecular weight excluding hydrogens is 516 g/mol. The van der Waals surface area contributed by atoms with Gasteiger partial charge in [-0.1, -0.05) is 41.9 Å². The van der Waals surface area contributed by atoms with Gasteiger partial charge in [0.05, 0.1) is 13.2 Å². The molecule has 196 valence electrons. The third-order valence-electron chi connectivity index (χ3n) is 6.25. The standard InChI is InChI=1S/C27H29ClN2O6S/c1-27(2)25(31)24(30-37(33,34)23-16-19(28)10-12-22(23)35-3)20-15-18(9-11-21(20)36-27)26(32)29-14-13-17-7-5-4-6-8-17/h4-12,15-16,24-25,30-31H,13-14H2,1-3H3,(H,29,32)/t24-,25+/m1/s1. The number of hydrogen-bond donors (Lipinski definition) is 3. The highest BCUT2D eigenvalue weighted by Crippen LogP contribution is 2.41. The molecule has 0 saturated carbocycles. The Morgan fingerprint density at radius 1 is 1.11 bits per heavy atom. The van der Waals surface area contributed by atoms with Crippen molar-refractivity contribution in [3.8, 4) is 11.5 Å². The number of hydrogen-bond acceptors (Lipinski definition) is 6. The van der Waals surface area contributed by atoms with Crippen LogP contribution in [0, 0.1) is 0 Å². The summed E-state index contributed by atoms with van der Waals surface area (Å²) < 4.78 is 40.6. The summed E-state index contributed by atoms with van der Waals surface area (Å²) in [5.74, 6) is 0.141. The molecule has 0 aliphatic carbocycles. The van der Waals surface area contributed by atoms with Crippen LogP contribution in [0.1, 0.15) is 41.4 Å². The molecule has 1 aliphatic heterocycles. The number of aliphatic hydroxyl groups is 1. The third-order valence-corrected chi connectivity index (χ3v) is 7.94. The molecule has 0 fully saturated rings. The second kappa shape index (κ2) is 10.7. The summed E-state index contributed by atoms with van der Waals surface area (Å²) in [5.41, 5.74) is 0.634. The summed E-state index contributed by atoms with van der Waals surface area (Å²) in [6, 6.07) is 17.7. The molecule has 0 saturated heterocycles. The number of carbonyl (C=O) groups is 1. The van der Waals surface area contributed by atoms with Crippen LogP contribution in [0.2, 0.25) is 5.02 Å². The molecule has 4 rings (SSSR count). The molecule has 1 amide bonds. The lowest BCUT2D eigenvalue weighted by Crippen LogP contribution is -2.53. The molecule has 0 aromatic heterocycles. The number of aliphatic hydroxyl groups excluding tert-OH is 1. The molecule has 2 atom stereocenters. The lowest BCUT2D eigenvalue weighted by molar-refractivity contribution is -0.0603. The molecule has 0 unspecified atom stereocenters. The number of carbonyl (C=O) groups excluding carboxylic acids is 1. The van der Waals surface area contributed by atoms with Gasteiger partial charge in [0.15, 0.2) is 0 Å². The maximum atomic E-state index is 13.4. The minimum atomic E-state index is -4.20. The molecule has 0 spiro atoms. The van der Waals surface area contributed by atoms with Gasteiger partial charge in [0, 0.05) is 22.7 Å². The Hall–Kier alpha value is -3.11. The number of halogens is 1. The summed E-state index contributed by atoms with van der Waals surface area (Å²) in [7, 11) is -2.85. The Kier molecular flexibility index (Phi) is 7.80. The lowest BCUT2D eigenvalue weighted by Gasteiger charge is -2.42. The fourth-order valence-corrected chi connectivity index (χ4v) is 5.88. The van der Waals surface area contributed by atoms with Crippen LogP contribution in [-0.2, 0) is 16.4 Å². The zero-order valence-corrected chi connectivity index (χ0v) is 22.3. The van der Waals surface area contributed by atoms with Crippen LogP contribution in [0.5, 0.6) is 11.5 Å². The highest BCUT2D eigenvalue weighted by atomic mass is 35.5. The monoisotopic (exact) mass is 544 g/mol. The number of amides is 1. The van der Waals surface area contributed by atoms with Crippen molar-refractivity contribution >= 4 is 27.5 Å². The van der Waals surface area contributed by atoms with Gasteiger partial charge in [-0.05, 0) is 62.2 Å². The largest absolute Gasteiger partial charge is 0.495 e. The van der Waals surface area contributed by atoms with Crippen molar-refractivity contribution in [1.82, 2.24) is 10.0 Å². The van der Waals surface area contributed by atoms with Crippen molar-refractivity contribution in [3.05, 3.63) is 88.4 Å². The van der Waals surface area contributed by atoms with Gasteiger partial charge >= 0.3 is 0 Å². The smallest absolute Gasteiger partial charge is 0.251 e. The van der Waals surface area contributed by atoms with Gasteiger partial charge in [-0.2, -0.15) is 0 Å². The zero-order chi connectivity index (χ0) is 26.8. The van der Waals surface area contributed by atoms with Crippen LogP contribution in [-0.4, -0.2) is 44.8 Å². The zero-order valence-electron chi connectivity index (χ0n) is 20.7.